The fraction of sp³-hybridized carbons (Fsp3) is 1.00. The molecule has 2 unspecified atom stereocenters. The van der Waals surface area contributed by atoms with Crippen LogP contribution in [0.4, 0.5) is 0 Å². The van der Waals surface area contributed by atoms with Crippen molar-refractivity contribution in [1.82, 2.24) is 10.2 Å². The van der Waals surface area contributed by atoms with Gasteiger partial charge in [-0.3, -0.25) is 4.90 Å². The minimum atomic E-state index is 0.658. The molecule has 82 valence electrons. The topological polar surface area (TPSA) is 24.5 Å². The van der Waals surface area contributed by atoms with Crippen LogP contribution in [0.15, 0.2) is 0 Å². The van der Waals surface area contributed by atoms with Crippen LogP contribution in [0.3, 0.4) is 0 Å². The minimum absolute atomic E-state index is 0.658. The Morgan fingerprint density at radius 3 is 2.93 bits per heavy atom. The lowest BCUT2D eigenvalue weighted by molar-refractivity contribution is 0.0253. The van der Waals surface area contributed by atoms with E-state index in [0.29, 0.717) is 6.04 Å². The zero-order valence-corrected chi connectivity index (χ0v) is 9.17. The van der Waals surface area contributed by atoms with Gasteiger partial charge in [0, 0.05) is 25.2 Å². The van der Waals surface area contributed by atoms with Gasteiger partial charge in [0.15, 0.2) is 0 Å². The zero-order valence-electron chi connectivity index (χ0n) is 9.17. The maximum atomic E-state index is 5.51. The van der Waals surface area contributed by atoms with Gasteiger partial charge in [0.25, 0.3) is 0 Å². The van der Waals surface area contributed by atoms with Gasteiger partial charge >= 0.3 is 0 Å². The number of nitrogens with one attached hydrogen (secondary N) is 1. The maximum Gasteiger partial charge on any atom is 0.0621 e. The normalized spacial score (nSPS) is 33.9. The summed E-state index contributed by atoms with van der Waals surface area (Å²) in [6, 6.07) is 1.38. The van der Waals surface area contributed by atoms with Crippen LogP contribution >= 0.6 is 0 Å². The van der Waals surface area contributed by atoms with Gasteiger partial charge in [-0.05, 0) is 39.3 Å². The third-order valence-corrected chi connectivity index (χ3v) is 3.43. The molecule has 2 saturated heterocycles. The fourth-order valence-corrected chi connectivity index (χ4v) is 2.48. The average Bonchev–Trinajstić information content (AvgIpc) is 2.72. The first-order chi connectivity index (χ1) is 6.86. The van der Waals surface area contributed by atoms with E-state index in [1.54, 1.807) is 0 Å². The summed E-state index contributed by atoms with van der Waals surface area (Å²) < 4.78 is 5.51. The Hall–Kier alpha value is -0.120. The number of nitrogens with zero attached hydrogens (tertiary/aromatic N) is 1. The van der Waals surface area contributed by atoms with Gasteiger partial charge in [-0.25, -0.2) is 0 Å². The molecule has 0 aromatic heterocycles. The predicted molar refractivity (Wildman–Crippen MR) is 57.5 cm³/mol. The molecule has 14 heavy (non-hydrogen) atoms. The maximum absolute atomic E-state index is 5.51. The van der Waals surface area contributed by atoms with Gasteiger partial charge < -0.3 is 10.1 Å². The molecule has 2 aliphatic rings. The molecule has 2 fully saturated rings. The molecule has 0 aromatic carbocycles. The number of hydrogen-bond donors (Lipinski definition) is 1. The van der Waals surface area contributed by atoms with E-state index in [9.17, 15) is 0 Å². The lowest BCUT2D eigenvalue weighted by Gasteiger charge is -2.32. The SMILES string of the molecule is CN(CC1CCCN1)C1CCCOC1. The second-order valence-corrected chi connectivity index (χ2v) is 4.60. The van der Waals surface area contributed by atoms with Gasteiger partial charge in [-0.2, -0.15) is 0 Å². The van der Waals surface area contributed by atoms with E-state index in [2.05, 4.69) is 17.3 Å². The molecule has 2 aliphatic heterocycles. The number of likely N-dealkylation sites (N-methyl/N-ethyl adjacent to an activating group) is 1. The summed E-state index contributed by atoms with van der Waals surface area (Å²) in [5, 5.41) is 3.54. The van der Waals surface area contributed by atoms with Crippen molar-refractivity contribution in [2.75, 3.05) is 33.4 Å². The van der Waals surface area contributed by atoms with Crippen molar-refractivity contribution in [3.63, 3.8) is 0 Å². The van der Waals surface area contributed by atoms with E-state index in [1.165, 1.54) is 38.8 Å². The predicted octanol–water partition coefficient (Wildman–Crippen LogP) is 0.849. The fourth-order valence-electron chi connectivity index (χ4n) is 2.48. The summed E-state index contributed by atoms with van der Waals surface area (Å²) in [7, 11) is 2.24. The first-order valence-electron chi connectivity index (χ1n) is 5.87. The van der Waals surface area contributed by atoms with Crippen LogP contribution in [0.2, 0.25) is 0 Å². The van der Waals surface area contributed by atoms with Gasteiger partial charge in [-0.15, -0.1) is 0 Å². The van der Waals surface area contributed by atoms with Crippen LogP contribution in [-0.4, -0.2) is 50.3 Å². The first-order valence-corrected chi connectivity index (χ1v) is 5.87. The van der Waals surface area contributed by atoms with Crippen molar-refractivity contribution < 1.29 is 4.74 Å². The molecule has 3 nitrogen and oxygen atoms in total. The van der Waals surface area contributed by atoms with Crippen molar-refractivity contribution in [3.8, 4) is 0 Å². The number of hydrogen-bond acceptors (Lipinski definition) is 3. The van der Waals surface area contributed by atoms with Gasteiger partial charge in [0.2, 0.25) is 0 Å². The average molecular weight is 198 g/mol. The van der Waals surface area contributed by atoms with Crippen molar-refractivity contribution >= 4 is 0 Å². The molecule has 0 saturated carbocycles. The molecule has 0 radical (unpaired) electrons. The summed E-state index contributed by atoms with van der Waals surface area (Å²) >= 11 is 0. The van der Waals surface area contributed by atoms with Gasteiger partial charge in [0.1, 0.15) is 0 Å². The largest absolute Gasteiger partial charge is 0.380 e. The van der Waals surface area contributed by atoms with E-state index in [4.69, 9.17) is 4.74 Å². The molecule has 0 bridgehead atoms. The van der Waals surface area contributed by atoms with Crippen LogP contribution in [0.5, 0.6) is 0 Å². The van der Waals surface area contributed by atoms with Gasteiger partial charge in [0.05, 0.1) is 6.61 Å². The Bertz CT molecular complexity index is 163. The molecular weight excluding hydrogens is 176 g/mol. The third-order valence-electron chi connectivity index (χ3n) is 3.43. The highest BCUT2D eigenvalue weighted by Crippen LogP contribution is 2.14. The van der Waals surface area contributed by atoms with Crippen LogP contribution in [0.25, 0.3) is 0 Å². The summed E-state index contributed by atoms with van der Waals surface area (Å²) in [6.07, 6.45) is 5.23. The van der Waals surface area contributed by atoms with Crippen molar-refractivity contribution in [2.45, 2.75) is 37.8 Å². The highest BCUT2D eigenvalue weighted by atomic mass is 16.5. The highest BCUT2D eigenvalue weighted by molar-refractivity contribution is 4.80. The third kappa shape index (κ3) is 2.69. The summed E-state index contributed by atoms with van der Waals surface area (Å²) in [6.45, 7) is 4.29. The highest BCUT2D eigenvalue weighted by Gasteiger charge is 2.22. The molecule has 0 aromatic rings. The Labute approximate surface area is 86.8 Å². The van der Waals surface area contributed by atoms with E-state index < -0.39 is 0 Å². The number of rotatable bonds is 3. The molecule has 1 N–H and O–H groups in total. The van der Waals surface area contributed by atoms with Crippen LogP contribution in [0.1, 0.15) is 25.7 Å². The Morgan fingerprint density at radius 1 is 1.36 bits per heavy atom. The van der Waals surface area contributed by atoms with E-state index in [-0.39, 0.29) is 0 Å². The molecule has 0 aliphatic carbocycles. The molecule has 3 heteroatoms. The lowest BCUT2D eigenvalue weighted by atomic mass is 10.1. The van der Waals surface area contributed by atoms with Crippen molar-refractivity contribution in [3.05, 3.63) is 0 Å². The zero-order chi connectivity index (χ0) is 9.80. The smallest absolute Gasteiger partial charge is 0.0621 e. The molecule has 0 spiro atoms. The van der Waals surface area contributed by atoms with Crippen molar-refractivity contribution in [1.29, 1.82) is 0 Å². The second kappa shape index (κ2) is 5.10. The van der Waals surface area contributed by atoms with Crippen LogP contribution in [0, 0.1) is 0 Å². The van der Waals surface area contributed by atoms with E-state index in [1.807, 2.05) is 0 Å². The molecule has 2 rings (SSSR count). The van der Waals surface area contributed by atoms with Gasteiger partial charge in [-0.1, -0.05) is 0 Å². The summed E-state index contributed by atoms with van der Waals surface area (Å²) in [5.74, 6) is 0. The standard InChI is InChI=1S/C11H22N2O/c1-13(8-10-4-2-6-12-10)11-5-3-7-14-9-11/h10-12H,2-9H2,1H3. The summed E-state index contributed by atoms with van der Waals surface area (Å²) in [4.78, 5) is 2.47. The Kier molecular flexibility index (Phi) is 3.79. The van der Waals surface area contributed by atoms with E-state index in [0.717, 1.165) is 19.3 Å². The first kappa shape index (κ1) is 10.4. The second-order valence-electron chi connectivity index (χ2n) is 4.60. The summed E-state index contributed by atoms with van der Waals surface area (Å²) in [5.41, 5.74) is 0. The molecule has 2 heterocycles. The van der Waals surface area contributed by atoms with Crippen LogP contribution < -0.4 is 5.32 Å². The Balaban J connectivity index is 1.72. The monoisotopic (exact) mass is 198 g/mol. The molecule has 2 atom stereocenters. The molecular formula is C11H22N2O. The molecule has 0 amide bonds. The Morgan fingerprint density at radius 2 is 2.29 bits per heavy atom. The van der Waals surface area contributed by atoms with E-state index >= 15 is 0 Å². The number of ether oxygens (including phenoxy) is 1. The van der Waals surface area contributed by atoms with Crippen LogP contribution in [-0.2, 0) is 4.74 Å². The minimum Gasteiger partial charge on any atom is -0.380 e. The lowest BCUT2D eigenvalue weighted by Crippen LogP contribution is -2.44. The quantitative estimate of drug-likeness (QED) is 0.727. The van der Waals surface area contributed by atoms with Crippen molar-refractivity contribution in [2.24, 2.45) is 0 Å².